The number of thiocarbonyl (C=S) groups is 1. The maximum atomic E-state index is 12.9. The van der Waals surface area contributed by atoms with Gasteiger partial charge >= 0.3 is 0 Å². The molecule has 33 heavy (non-hydrogen) atoms. The van der Waals surface area contributed by atoms with Gasteiger partial charge in [-0.15, -0.1) is 0 Å². The van der Waals surface area contributed by atoms with E-state index in [1.165, 1.54) is 28.8 Å². The third-order valence-corrected chi connectivity index (χ3v) is 5.93. The first-order valence-corrected chi connectivity index (χ1v) is 11.2. The van der Waals surface area contributed by atoms with Gasteiger partial charge in [-0.3, -0.25) is 19.8 Å². The van der Waals surface area contributed by atoms with Gasteiger partial charge in [0.1, 0.15) is 24.7 Å². The molecule has 0 aromatic heterocycles. The van der Waals surface area contributed by atoms with Crippen molar-refractivity contribution in [2.24, 2.45) is 0 Å². The molecule has 0 radical (unpaired) electrons. The monoisotopic (exact) mass is 478 g/mol. The van der Waals surface area contributed by atoms with E-state index in [1.54, 1.807) is 18.2 Å². The van der Waals surface area contributed by atoms with Gasteiger partial charge in [0, 0.05) is 12.1 Å². The Bertz CT molecular complexity index is 1210. The largest absolute Gasteiger partial charge is 0.490 e. The van der Waals surface area contributed by atoms with Crippen molar-refractivity contribution in [1.29, 1.82) is 0 Å². The molecule has 1 heterocycles. The number of nitro groups is 1. The zero-order valence-electron chi connectivity index (χ0n) is 17.2. The molecule has 0 aliphatic carbocycles. The Balaban J connectivity index is 1.35. The first kappa shape index (κ1) is 22.5. The SMILES string of the molecule is O=C1/C(=C/c2cccc(OCCOc3ccc([N+](=O)[O-])cc3)c2)SC(=S)N1c1ccccc1. The van der Waals surface area contributed by atoms with Gasteiger partial charge in [-0.2, -0.15) is 0 Å². The van der Waals surface area contributed by atoms with Crippen LogP contribution in [0.5, 0.6) is 11.5 Å². The van der Waals surface area contributed by atoms with E-state index in [9.17, 15) is 14.9 Å². The van der Waals surface area contributed by atoms with Crippen LogP contribution in [0.2, 0.25) is 0 Å². The highest BCUT2D eigenvalue weighted by atomic mass is 32.2. The summed E-state index contributed by atoms with van der Waals surface area (Å²) in [5.41, 5.74) is 1.57. The van der Waals surface area contributed by atoms with Crippen LogP contribution in [-0.4, -0.2) is 28.4 Å². The molecule has 3 aromatic rings. The summed E-state index contributed by atoms with van der Waals surface area (Å²) in [6, 6.07) is 22.6. The first-order valence-electron chi connectivity index (χ1n) is 9.94. The maximum Gasteiger partial charge on any atom is 0.270 e. The summed E-state index contributed by atoms with van der Waals surface area (Å²) in [6.45, 7) is 0.564. The lowest BCUT2D eigenvalue weighted by molar-refractivity contribution is -0.384. The fourth-order valence-corrected chi connectivity index (χ4v) is 4.39. The minimum absolute atomic E-state index is 0.0103. The normalized spacial score (nSPS) is 14.5. The van der Waals surface area contributed by atoms with Crippen LogP contribution in [0.15, 0.2) is 83.8 Å². The molecule has 0 bridgehead atoms. The van der Waals surface area contributed by atoms with Crippen LogP contribution >= 0.6 is 24.0 Å². The third kappa shape index (κ3) is 5.57. The number of non-ortho nitro benzene ring substituents is 1. The summed E-state index contributed by atoms with van der Waals surface area (Å²) < 4.78 is 11.8. The van der Waals surface area contributed by atoms with Crippen LogP contribution in [0.25, 0.3) is 6.08 Å². The summed E-state index contributed by atoms with van der Waals surface area (Å²) in [4.78, 5) is 25.2. The Morgan fingerprint density at radius 2 is 1.64 bits per heavy atom. The van der Waals surface area contributed by atoms with Crippen LogP contribution in [0.3, 0.4) is 0 Å². The highest BCUT2D eigenvalue weighted by Gasteiger charge is 2.33. The van der Waals surface area contributed by atoms with Crippen molar-refractivity contribution in [3.63, 3.8) is 0 Å². The van der Waals surface area contributed by atoms with Gasteiger partial charge in [0.2, 0.25) is 0 Å². The number of rotatable bonds is 8. The molecule has 0 spiro atoms. The van der Waals surface area contributed by atoms with Crippen LogP contribution < -0.4 is 14.4 Å². The smallest absolute Gasteiger partial charge is 0.270 e. The van der Waals surface area contributed by atoms with E-state index in [0.717, 1.165) is 11.3 Å². The van der Waals surface area contributed by atoms with Gasteiger partial charge in [0.05, 0.1) is 15.5 Å². The summed E-state index contributed by atoms with van der Waals surface area (Å²) in [5, 5.41) is 10.7. The zero-order valence-corrected chi connectivity index (χ0v) is 18.9. The standard InChI is InChI=1S/C24H18N2O5S2/c27-23-22(33-24(32)25(23)18-6-2-1-3-7-18)16-17-5-4-8-21(15-17)31-14-13-30-20-11-9-19(10-12-20)26(28)29/h1-12,15-16H,13-14H2/b22-16-. The molecule has 1 saturated heterocycles. The molecule has 1 aliphatic rings. The molecule has 1 aliphatic heterocycles. The summed E-state index contributed by atoms with van der Waals surface area (Å²) in [7, 11) is 0. The lowest BCUT2D eigenvalue weighted by Gasteiger charge is -2.13. The van der Waals surface area contributed by atoms with Crippen molar-refractivity contribution in [2.75, 3.05) is 18.1 Å². The molecule has 0 N–H and O–H groups in total. The molecule has 1 amide bonds. The number of nitrogens with zero attached hydrogens (tertiary/aromatic N) is 2. The van der Waals surface area contributed by atoms with Crippen LogP contribution in [0, 0.1) is 10.1 Å². The number of amides is 1. The number of hydrogen-bond acceptors (Lipinski definition) is 7. The molecule has 0 unspecified atom stereocenters. The Morgan fingerprint density at radius 1 is 0.939 bits per heavy atom. The second kappa shape index (κ2) is 10.3. The number of hydrogen-bond donors (Lipinski definition) is 0. The number of carbonyl (C=O) groups excluding carboxylic acids is 1. The molecular formula is C24H18N2O5S2. The van der Waals surface area contributed by atoms with Crippen LogP contribution in [0.1, 0.15) is 5.56 Å². The second-order valence-corrected chi connectivity index (χ2v) is 8.55. The highest BCUT2D eigenvalue weighted by Crippen LogP contribution is 2.36. The van der Waals surface area contributed by atoms with E-state index in [0.29, 0.717) is 20.7 Å². The Morgan fingerprint density at radius 3 is 2.33 bits per heavy atom. The van der Waals surface area contributed by atoms with Gasteiger partial charge in [-0.25, -0.2) is 0 Å². The average molecular weight is 479 g/mol. The number of anilines is 1. The lowest BCUT2D eigenvalue weighted by Crippen LogP contribution is -2.27. The Kier molecular flexibility index (Phi) is 7.01. The van der Waals surface area contributed by atoms with Gasteiger partial charge in [-0.05, 0) is 48.0 Å². The zero-order chi connectivity index (χ0) is 23.2. The summed E-state index contributed by atoms with van der Waals surface area (Å²) in [6.07, 6.45) is 1.79. The number of para-hydroxylation sites is 1. The van der Waals surface area contributed by atoms with Crippen molar-refractivity contribution < 1.29 is 19.2 Å². The van der Waals surface area contributed by atoms with Gasteiger partial charge in [0.25, 0.3) is 11.6 Å². The Hall–Kier alpha value is -3.69. The van der Waals surface area contributed by atoms with E-state index in [4.69, 9.17) is 21.7 Å². The quantitative estimate of drug-likeness (QED) is 0.140. The van der Waals surface area contributed by atoms with Crippen LogP contribution in [-0.2, 0) is 4.79 Å². The molecule has 0 saturated carbocycles. The van der Waals surface area contributed by atoms with Crippen molar-refractivity contribution >= 4 is 51.7 Å². The number of ether oxygens (including phenoxy) is 2. The molecule has 0 atom stereocenters. The summed E-state index contributed by atoms with van der Waals surface area (Å²) >= 11 is 6.67. The molecule has 9 heteroatoms. The highest BCUT2D eigenvalue weighted by molar-refractivity contribution is 8.27. The molecular weight excluding hydrogens is 460 g/mol. The van der Waals surface area contributed by atoms with Gasteiger partial charge in [-0.1, -0.05) is 54.3 Å². The lowest BCUT2D eigenvalue weighted by atomic mass is 10.2. The molecule has 1 fully saturated rings. The van der Waals surface area contributed by atoms with Gasteiger partial charge < -0.3 is 9.47 Å². The molecule has 3 aromatic carbocycles. The van der Waals surface area contributed by atoms with Crippen LogP contribution in [0.4, 0.5) is 11.4 Å². The fraction of sp³-hybridized carbons (Fsp3) is 0.0833. The fourth-order valence-electron chi connectivity index (χ4n) is 3.10. The predicted molar refractivity (Wildman–Crippen MR) is 133 cm³/mol. The predicted octanol–water partition coefficient (Wildman–Crippen LogP) is 5.46. The molecule has 7 nitrogen and oxygen atoms in total. The number of benzene rings is 3. The summed E-state index contributed by atoms with van der Waals surface area (Å²) in [5.74, 6) is 1.01. The van der Waals surface area contributed by atoms with E-state index >= 15 is 0 Å². The molecule has 166 valence electrons. The van der Waals surface area contributed by atoms with Gasteiger partial charge in [0.15, 0.2) is 4.32 Å². The van der Waals surface area contributed by atoms with Crippen molar-refractivity contribution in [1.82, 2.24) is 0 Å². The maximum absolute atomic E-state index is 12.9. The van der Waals surface area contributed by atoms with E-state index in [-0.39, 0.29) is 24.8 Å². The Labute approximate surface area is 199 Å². The minimum atomic E-state index is -0.459. The average Bonchev–Trinajstić information content (AvgIpc) is 3.10. The first-order chi connectivity index (χ1) is 16.0. The molecule has 4 rings (SSSR count). The second-order valence-electron chi connectivity index (χ2n) is 6.87. The number of thioether (sulfide) groups is 1. The number of carbonyl (C=O) groups is 1. The van der Waals surface area contributed by atoms with Crippen molar-refractivity contribution in [2.45, 2.75) is 0 Å². The number of nitro benzene ring substituents is 1. The third-order valence-electron chi connectivity index (χ3n) is 4.63. The topological polar surface area (TPSA) is 81.9 Å². The minimum Gasteiger partial charge on any atom is -0.490 e. The van der Waals surface area contributed by atoms with Crippen molar-refractivity contribution in [3.05, 3.63) is 99.4 Å². The van der Waals surface area contributed by atoms with E-state index in [1.807, 2.05) is 54.6 Å². The van der Waals surface area contributed by atoms with Crippen molar-refractivity contribution in [3.8, 4) is 11.5 Å². The van der Waals surface area contributed by atoms with E-state index in [2.05, 4.69) is 0 Å². The van der Waals surface area contributed by atoms with E-state index < -0.39 is 4.92 Å².